The lowest BCUT2D eigenvalue weighted by molar-refractivity contribution is 0.917. The fourth-order valence-electron chi connectivity index (χ4n) is 6.56. The van der Waals surface area contributed by atoms with Crippen LogP contribution in [0.15, 0.2) is 187 Å². The molecule has 2 N–H and O–H groups in total. The van der Waals surface area contributed by atoms with E-state index >= 15 is 0 Å². The van der Waals surface area contributed by atoms with Crippen LogP contribution in [0.1, 0.15) is 104 Å². The number of rotatable bonds is 12. The minimum atomic E-state index is 0.805. The average Bonchev–Trinajstić information content (AvgIpc) is 3.60. The van der Waals surface area contributed by atoms with Crippen molar-refractivity contribution >= 4 is 34.3 Å². The molecule has 6 rings (SSSR count). The first-order valence-electron chi connectivity index (χ1n) is 21.4. The number of nitrogens with two attached hydrogens (primary N) is 1. The molecule has 1 aliphatic carbocycles. The number of anilines is 1. The minimum Gasteiger partial charge on any atom is -0.399 e. The number of aryl methyl sites for hydroxylation is 1. The van der Waals surface area contributed by atoms with Crippen molar-refractivity contribution in [1.29, 1.82) is 0 Å². The molecule has 1 aliphatic rings. The van der Waals surface area contributed by atoms with E-state index in [4.69, 9.17) is 5.73 Å². The maximum absolute atomic E-state index is 5.60. The highest BCUT2D eigenvalue weighted by Gasteiger charge is 2.20. The second-order valence-corrected chi connectivity index (χ2v) is 14.2. The average molecular weight is 781 g/mol. The summed E-state index contributed by atoms with van der Waals surface area (Å²) in [6.45, 7) is 27.0. The summed E-state index contributed by atoms with van der Waals surface area (Å²) in [6, 6.07) is 33.9. The molecular weight excluding hydrogens is 713 g/mol. The van der Waals surface area contributed by atoms with E-state index in [0.29, 0.717) is 0 Å². The van der Waals surface area contributed by atoms with Gasteiger partial charge < -0.3 is 10.3 Å². The summed E-state index contributed by atoms with van der Waals surface area (Å²) < 4.78 is 2.43. The van der Waals surface area contributed by atoms with Gasteiger partial charge in [0.1, 0.15) is 0 Å². The van der Waals surface area contributed by atoms with Crippen molar-refractivity contribution in [3.8, 4) is 16.8 Å². The van der Waals surface area contributed by atoms with Crippen LogP contribution < -0.4 is 5.73 Å². The highest BCUT2D eigenvalue weighted by atomic mass is 15.0. The number of fused-ring (bicyclic) bond motifs is 3. The Bertz CT molecular complexity index is 2310. The number of hydrogen-bond acceptors (Lipinski definition) is 1. The van der Waals surface area contributed by atoms with E-state index in [-0.39, 0.29) is 0 Å². The number of benzene rings is 4. The topological polar surface area (TPSA) is 30.9 Å². The van der Waals surface area contributed by atoms with Crippen LogP contribution in [0.5, 0.6) is 0 Å². The van der Waals surface area contributed by atoms with Gasteiger partial charge in [-0.15, -0.1) is 0 Å². The zero-order valence-electron chi connectivity index (χ0n) is 37.4. The van der Waals surface area contributed by atoms with E-state index in [1.165, 1.54) is 67.7 Å². The lowest BCUT2D eigenvalue weighted by atomic mass is 9.94. The number of nitrogens with zero attached hydrogens (tertiary/aromatic N) is 1. The number of hydrogen-bond donors (Lipinski definition) is 1. The molecule has 0 aliphatic heterocycles. The Morgan fingerprint density at radius 3 is 2.14 bits per heavy atom. The zero-order chi connectivity index (χ0) is 43.2. The van der Waals surface area contributed by atoms with Crippen molar-refractivity contribution in [2.45, 2.75) is 88.0 Å². The molecular formula is C57H68N2. The van der Waals surface area contributed by atoms with Crippen LogP contribution in [0, 0.1) is 0 Å². The molecule has 1 heterocycles. The maximum Gasteiger partial charge on any atom is 0.0538 e. The predicted octanol–water partition coefficient (Wildman–Crippen LogP) is 16.9. The van der Waals surface area contributed by atoms with Crippen molar-refractivity contribution < 1.29 is 0 Å². The largest absolute Gasteiger partial charge is 0.399 e. The van der Waals surface area contributed by atoms with Crippen molar-refractivity contribution in [3.05, 3.63) is 210 Å². The van der Waals surface area contributed by atoms with Gasteiger partial charge in [0.25, 0.3) is 0 Å². The van der Waals surface area contributed by atoms with Gasteiger partial charge in [0.05, 0.1) is 5.52 Å². The zero-order valence-corrected chi connectivity index (χ0v) is 37.4. The number of allylic oxidation sites excluding steroid dienone is 14. The Balaban J connectivity index is 0.000000455. The lowest BCUT2D eigenvalue weighted by Crippen LogP contribution is -2.02. The molecule has 0 atom stereocenters. The van der Waals surface area contributed by atoms with Gasteiger partial charge in [-0.2, -0.15) is 0 Å². The Labute approximate surface area is 357 Å². The molecule has 1 aromatic heterocycles. The summed E-state index contributed by atoms with van der Waals surface area (Å²) in [5.41, 5.74) is 22.3. The Morgan fingerprint density at radius 1 is 0.814 bits per heavy atom. The first kappa shape index (κ1) is 47.3. The van der Waals surface area contributed by atoms with Crippen molar-refractivity contribution in [2.75, 3.05) is 5.73 Å². The highest BCUT2D eigenvalue weighted by Crippen LogP contribution is 2.37. The van der Waals surface area contributed by atoms with Gasteiger partial charge in [-0.05, 0) is 134 Å². The Morgan fingerprint density at radius 2 is 1.49 bits per heavy atom. The first-order chi connectivity index (χ1) is 28.7. The molecule has 0 radical (unpaired) electrons. The molecule has 5 aromatic rings. The molecule has 2 nitrogen and oxygen atoms in total. The minimum absolute atomic E-state index is 0.805. The van der Waals surface area contributed by atoms with Crippen LogP contribution in [-0.4, -0.2) is 4.57 Å². The van der Waals surface area contributed by atoms with Crippen molar-refractivity contribution in [2.24, 2.45) is 0 Å². The summed E-state index contributed by atoms with van der Waals surface area (Å²) in [5.74, 6) is 0. The Kier molecular flexibility index (Phi) is 20.3. The summed E-state index contributed by atoms with van der Waals surface area (Å²) >= 11 is 0. The fraction of sp³-hybridized carbons (Fsp3) is 0.228. The molecule has 59 heavy (non-hydrogen) atoms. The molecule has 4 aromatic carbocycles. The molecule has 0 amide bonds. The van der Waals surface area contributed by atoms with E-state index < -0.39 is 0 Å². The summed E-state index contributed by atoms with van der Waals surface area (Å²) in [6.07, 6.45) is 28.0. The summed E-state index contributed by atoms with van der Waals surface area (Å²) in [5, 5.41) is 1.32. The molecule has 306 valence electrons. The van der Waals surface area contributed by atoms with Gasteiger partial charge in [0.2, 0.25) is 0 Å². The normalized spacial score (nSPS) is 12.9. The van der Waals surface area contributed by atoms with Crippen LogP contribution in [0.3, 0.4) is 0 Å². The molecule has 0 fully saturated rings. The first-order valence-corrected chi connectivity index (χ1v) is 21.4. The van der Waals surface area contributed by atoms with E-state index in [0.717, 1.165) is 41.7 Å². The van der Waals surface area contributed by atoms with Gasteiger partial charge in [-0.3, -0.25) is 0 Å². The van der Waals surface area contributed by atoms with E-state index in [1.807, 2.05) is 76.2 Å². The summed E-state index contributed by atoms with van der Waals surface area (Å²) in [7, 11) is 0. The molecule has 0 unspecified atom stereocenters. The number of aromatic nitrogens is 1. The second-order valence-electron chi connectivity index (χ2n) is 14.2. The summed E-state index contributed by atoms with van der Waals surface area (Å²) in [4.78, 5) is 0. The third-order valence-electron chi connectivity index (χ3n) is 9.94. The van der Waals surface area contributed by atoms with Crippen LogP contribution in [0.2, 0.25) is 0 Å². The third kappa shape index (κ3) is 13.8. The van der Waals surface area contributed by atoms with Crippen LogP contribution in [0.4, 0.5) is 5.69 Å². The Hall–Kier alpha value is -6.12. The number of nitrogen functional groups attached to an aromatic ring is 1. The van der Waals surface area contributed by atoms with Gasteiger partial charge >= 0.3 is 0 Å². The van der Waals surface area contributed by atoms with E-state index in [9.17, 15) is 0 Å². The number of unbranched alkanes of at least 4 members (excludes halogenated alkanes) is 1. The highest BCUT2D eigenvalue weighted by molar-refractivity contribution is 5.94. The van der Waals surface area contributed by atoms with Crippen LogP contribution >= 0.6 is 0 Å². The smallest absolute Gasteiger partial charge is 0.0538 e. The third-order valence-corrected chi connectivity index (χ3v) is 9.94. The SMILES string of the molecule is C=C/C=C(\C=C(/C)C(=C)/C=C\C(C)=C/C)c1ccc2c(c1)c1c(n2-c2ccc(C=C/C=C\CCC)cc2)C=C(C)CC1.CC.CC.Nc1ccc(-c2ccccc2)cc1. The van der Waals surface area contributed by atoms with E-state index in [2.05, 4.69) is 168 Å². The van der Waals surface area contributed by atoms with Gasteiger partial charge in [-0.25, -0.2) is 0 Å². The predicted molar refractivity (Wildman–Crippen MR) is 267 cm³/mol. The monoisotopic (exact) mass is 781 g/mol. The van der Waals surface area contributed by atoms with Gasteiger partial charge in [-0.1, -0.05) is 187 Å². The maximum atomic E-state index is 5.60. The molecule has 2 heteroatoms. The molecule has 0 bridgehead atoms. The lowest BCUT2D eigenvalue weighted by Gasteiger charge is -2.14. The molecule has 0 saturated carbocycles. The van der Waals surface area contributed by atoms with Crippen LogP contribution in [-0.2, 0) is 6.42 Å². The van der Waals surface area contributed by atoms with Crippen molar-refractivity contribution in [3.63, 3.8) is 0 Å². The van der Waals surface area contributed by atoms with E-state index in [1.54, 1.807) is 0 Å². The molecule has 0 spiro atoms. The fourth-order valence-corrected chi connectivity index (χ4v) is 6.56. The second kappa shape index (κ2) is 25.3. The standard InChI is InChI=1S/C41H45N.C12H11N.2C2H6/c1-8-11-12-13-14-16-34-20-23-37(24-21-34)42-40-26-22-36(29-39(40)38-25-18-31(5)27-41(38)42)35(15-9-2)28-33(7)32(6)19-17-30(4)10-3;13-12-8-6-11(7-9-12)10-4-2-1-3-5-10;2*1-2/h9-10,12-17,19-24,26-29H,2,6,8,11,18,25H2,1,3-5,7H3;1-9H,13H2;2*1-2H3/b13-12-,16-14?,19-17-,30-10-,33-28+,35-15+;;;. The van der Waals surface area contributed by atoms with Gasteiger partial charge in [0, 0.05) is 22.5 Å². The quantitative estimate of drug-likeness (QED) is 0.0992. The van der Waals surface area contributed by atoms with Crippen molar-refractivity contribution in [1.82, 2.24) is 4.57 Å². The molecule has 0 saturated heterocycles. The van der Waals surface area contributed by atoms with Crippen LogP contribution in [0.25, 0.3) is 45.4 Å². The van der Waals surface area contributed by atoms with Gasteiger partial charge in [0.15, 0.2) is 0 Å².